The fourth-order valence-electron chi connectivity index (χ4n) is 3.17. The van der Waals surface area contributed by atoms with E-state index in [4.69, 9.17) is 9.47 Å². The maximum absolute atomic E-state index is 12.0. The molecule has 1 N–H and O–H groups in total. The van der Waals surface area contributed by atoms with Gasteiger partial charge in [0.15, 0.2) is 6.61 Å². The molecule has 0 unspecified atom stereocenters. The minimum absolute atomic E-state index is 0.0798. The van der Waals surface area contributed by atoms with Crippen molar-refractivity contribution < 1.29 is 19.1 Å². The average molecular weight is 301 g/mol. The van der Waals surface area contributed by atoms with Gasteiger partial charge in [0, 0.05) is 5.69 Å². The molecule has 1 saturated carbocycles. The third-order valence-electron chi connectivity index (χ3n) is 4.30. The molecule has 2 aliphatic rings. The molecule has 2 bridgehead atoms. The summed E-state index contributed by atoms with van der Waals surface area (Å²) in [5.74, 6) is 0.842. The van der Waals surface area contributed by atoms with E-state index in [2.05, 4.69) is 17.5 Å². The summed E-state index contributed by atoms with van der Waals surface area (Å²) >= 11 is 0. The summed E-state index contributed by atoms with van der Waals surface area (Å²) in [6.07, 6.45) is 6.15. The Bertz CT molecular complexity index is 593. The summed E-state index contributed by atoms with van der Waals surface area (Å²) in [6.45, 7) is -0.248. The van der Waals surface area contributed by atoms with Crippen molar-refractivity contribution in [3.63, 3.8) is 0 Å². The Hall–Kier alpha value is -2.30. The van der Waals surface area contributed by atoms with Gasteiger partial charge in [0.1, 0.15) is 5.75 Å². The fourth-order valence-corrected chi connectivity index (χ4v) is 3.17. The van der Waals surface area contributed by atoms with Crippen molar-refractivity contribution in [1.29, 1.82) is 0 Å². The maximum atomic E-state index is 12.0. The van der Waals surface area contributed by atoms with E-state index in [0.29, 0.717) is 23.3 Å². The Morgan fingerprint density at radius 1 is 1.18 bits per heavy atom. The molecule has 3 rings (SSSR count). The van der Waals surface area contributed by atoms with Gasteiger partial charge in [0.25, 0.3) is 5.91 Å². The van der Waals surface area contributed by atoms with Crippen molar-refractivity contribution in [2.45, 2.75) is 12.8 Å². The number of hydrogen-bond acceptors (Lipinski definition) is 4. The van der Waals surface area contributed by atoms with Gasteiger partial charge in [0.2, 0.25) is 0 Å². The lowest BCUT2D eigenvalue weighted by Crippen LogP contribution is -2.26. The molecule has 2 aliphatic carbocycles. The van der Waals surface area contributed by atoms with E-state index in [1.54, 1.807) is 31.4 Å². The molecule has 0 heterocycles. The SMILES string of the molecule is COc1ccc(NC(=O)COC(=O)[C@@H]2C[C@@H]3C=C[C@@H]2C3)cc1. The number of carbonyl (C=O) groups is 2. The molecular formula is C17H19NO4. The summed E-state index contributed by atoms with van der Waals surface area (Å²) in [4.78, 5) is 23.8. The zero-order chi connectivity index (χ0) is 15.5. The number of methoxy groups -OCH3 is 1. The number of hydrogen-bond donors (Lipinski definition) is 1. The minimum Gasteiger partial charge on any atom is -0.497 e. The highest BCUT2D eigenvalue weighted by atomic mass is 16.5. The van der Waals surface area contributed by atoms with Crippen molar-refractivity contribution >= 4 is 17.6 Å². The Labute approximate surface area is 129 Å². The highest BCUT2D eigenvalue weighted by molar-refractivity contribution is 5.93. The van der Waals surface area contributed by atoms with Crippen LogP contribution in [0.3, 0.4) is 0 Å². The van der Waals surface area contributed by atoms with Gasteiger partial charge in [-0.3, -0.25) is 9.59 Å². The number of amides is 1. The van der Waals surface area contributed by atoms with E-state index in [9.17, 15) is 9.59 Å². The molecular weight excluding hydrogens is 282 g/mol. The number of fused-ring (bicyclic) bond motifs is 2. The molecule has 0 spiro atoms. The second-order valence-electron chi connectivity index (χ2n) is 5.77. The van der Waals surface area contributed by atoms with E-state index >= 15 is 0 Å². The van der Waals surface area contributed by atoms with Gasteiger partial charge in [-0.2, -0.15) is 0 Å². The average Bonchev–Trinajstić information content (AvgIpc) is 3.16. The molecule has 0 aromatic heterocycles. The van der Waals surface area contributed by atoms with E-state index in [-0.39, 0.29) is 24.4 Å². The van der Waals surface area contributed by atoms with Crippen LogP contribution in [0.5, 0.6) is 5.75 Å². The summed E-state index contributed by atoms with van der Waals surface area (Å²) in [5, 5.41) is 2.69. The monoisotopic (exact) mass is 301 g/mol. The molecule has 1 aromatic carbocycles. The molecule has 22 heavy (non-hydrogen) atoms. The Morgan fingerprint density at radius 2 is 1.95 bits per heavy atom. The molecule has 116 valence electrons. The number of anilines is 1. The van der Waals surface area contributed by atoms with Gasteiger partial charge >= 0.3 is 5.97 Å². The van der Waals surface area contributed by atoms with Crippen LogP contribution in [0.4, 0.5) is 5.69 Å². The second kappa shape index (κ2) is 6.22. The van der Waals surface area contributed by atoms with E-state index < -0.39 is 0 Å². The second-order valence-corrected chi connectivity index (χ2v) is 5.77. The zero-order valence-electron chi connectivity index (χ0n) is 12.5. The molecule has 1 amide bonds. The number of rotatable bonds is 5. The van der Waals surface area contributed by atoms with Crippen LogP contribution in [0.2, 0.25) is 0 Å². The molecule has 5 nitrogen and oxygen atoms in total. The molecule has 5 heteroatoms. The summed E-state index contributed by atoms with van der Waals surface area (Å²) in [6, 6.07) is 6.98. The number of esters is 1. The minimum atomic E-state index is -0.336. The first-order valence-corrected chi connectivity index (χ1v) is 7.44. The summed E-state index contributed by atoms with van der Waals surface area (Å²) < 4.78 is 10.2. The van der Waals surface area contributed by atoms with Crippen molar-refractivity contribution in [1.82, 2.24) is 0 Å². The van der Waals surface area contributed by atoms with Crippen molar-refractivity contribution in [3.8, 4) is 5.75 Å². The molecule has 1 fully saturated rings. The lowest BCUT2D eigenvalue weighted by Gasteiger charge is -2.16. The summed E-state index contributed by atoms with van der Waals surface area (Å²) in [5.41, 5.74) is 0.643. The van der Waals surface area contributed by atoms with Gasteiger partial charge in [-0.25, -0.2) is 0 Å². The number of ether oxygens (including phenoxy) is 2. The van der Waals surface area contributed by atoms with E-state index in [1.807, 2.05) is 0 Å². The number of benzene rings is 1. The smallest absolute Gasteiger partial charge is 0.310 e. The van der Waals surface area contributed by atoms with E-state index in [1.165, 1.54) is 0 Å². The third kappa shape index (κ3) is 3.13. The Balaban J connectivity index is 1.45. The van der Waals surface area contributed by atoms with Crippen molar-refractivity contribution in [2.75, 3.05) is 19.0 Å². The fraction of sp³-hybridized carbons (Fsp3) is 0.412. The molecule has 0 saturated heterocycles. The van der Waals surface area contributed by atoms with Gasteiger partial charge < -0.3 is 14.8 Å². The van der Waals surface area contributed by atoms with Crippen LogP contribution >= 0.6 is 0 Å². The first-order chi connectivity index (χ1) is 10.7. The Morgan fingerprint density at radius 3 is 2.55 bits per heavy atom. The first-order valence-electron chi connectivity index (χ1n) is 7.44. The zero-order valence-corrected chi connectivity index (χ0v) is 12.5. The third-order valence-corrected chi connectivity index (χ3v) is 4.30. The van der Waals surface area contributed by atoms with Crippen LogP contribution in [0.1, 0.15) is 12.8 Å². The van der Waals surface area contributed by atoms with E-state index in [0.717, 1.165) is 12.8 Å². The molecule has 0 radical (unpaired) electrons. The first kappa shape index (κ1) is 14.6. The number of carbonyl (C=O) groups excluding carboxylic acids is 2. The number of nitrogens with one attached hydrogen (secondary N) is 1. The lowest BCUT2D eigenvalue weighted by atomic mass is 9.94. The summed E-state index contributed by atoms with van der Waals surface area (Å²) in [7, 11) is 1.58. The predicted molar refractivity (Wildman–Crippen MR) is 81.4 cm³/mol. The maximum Gasteiger partial charge on any atom is 0.310 e. The van der Waals surface area contributed by atoms with Gasteiger partial charge in [-0.05, 0) is 48.9 Å². The molecule has 0 aliphatic heterocycles. The van der Waals surface area contributed by atoms with Crippen LogP contribution in [-0.2, 0) is 14.3 Å². The van der Waals surface area contributed by atoms with Crippen LogP contribution in [0.15, 0.2) is 36.4 Å². The van der Waals surface area contributed by atoms with Crippen LogP contribution < -0.4 is 10.1 Å². The van der Waals surface area contributed by atoms with Gasteiger partial charge in [0.05, 0.1) is 13.0 Å². The van der Waals surface area contributed by atoms with Crippen LogP contribution in [-0.4, -0.2) is 25.6 Å². The predicted octanol–water partition coefficient (Wildman–Crippen LogP) is 2.39. The normalized spacial score (nSPS) is 25.0. The topological polar surface area (TPSA) is 64.6 Å². The standard InChI is InChI=1S/C17H19NO4/c1-21-14-6-4-13(5-7-14)18-16(19)10-22-17(20)15-9-11-2-3-12(15)8-11/h2-7,11-12,15H,8-10H2,1H3,(H,18,19)/t11-,12-,15-/m1/s1. The van der Waals surface area contributed by atoms with Crippen LogP contribution in [0, 0.1) is 17.8 Å². The van der Waals surface area contributed by atoms with Gasteiger partial charge in [-0.15, -0.1) is 0 Å². The lowest BCUT2D eigenvalue weighted by molar-refractivity contribution is -0.152. The molecule has 3 atom stereocenters. The highest BCUT2D eigenvalue weighted by Crippen LogP contribution is 2.43. The largest absolute Gasteiger partial charge is 0.497 e. The highest BCUT2D eigenvalue weighted by Gasteiger charge is 2.40. The Kier molecular flexibility index (Phi) is 4.13. The quantitative estimate of drug-likeness (QED) is 0.670. The van der Waals surface area contributed by atoms with Crippen molar-refractivity contribution in [3.05, 3.63) is 36.4 Å². The van der Waals surface area contributed by atoms with Gasteiger partial charge in [-0.1, -0.05) is 12.2 Å². The van der Waals surface area contributed by atoms with Crippen LogP contribution in [0.25, 0.3) is 0 Å². The molecule has 1 aromatic rings. The number of allylic oxidation sites excluding steroid dienone is 2. The van der Waals surface area contributed by atoms with Crippen molar-refractivity contribution in [2.24, 2.45) is 17.8 Å².